The number of aromatic nitrogens is 1. The van der Waals surface area contributed by atoms with Crippen LogP contribution in [0.25, 0.3) is 5.57 Å². The van der Waals surface area contributed by atoms with E-state index < -0.39 is 0 Å². The van der Waals surface area contributed by atoms with Crippen LogP contribution in [0.5, 0.6) is 0 Å². The van der Waals surface area contributed by atoms with E-state index in [4.69, 9.17) is 4.74 Å². The van der Waals surface area contributed by atoms with E-state index in [2.05, 4.69) is 18.0 Å². The Kier molecular flexibility index (Phi) is 4.06. The summed E-state index contributed by atoms with van der Waals surface area (Å²) in [6.45, 7) is 5.61. The number of carbonyl (C=O) groups is 1. The van der Waals surface area contributed by atoms with Crippen molar-refractivity contribution < 1.29 is 9.53 Å². The molecule has 1 amide bonds. The van der Waals surface area contributed by atoms with Crippen molar-refractivity contribution in [2.24, 2.45) is 5.92 Å². The number of nitrogens with zero attached hydrogens (tertiary/aromatic N) is 2. The summed E-state index contributed by atoms with van der Waals surface area (Å²) in [7, 11) is 0. The average molecular weight is 286 g/mol. The monoisotopic (exact) mass is 286 g/mol. The number of ether oxygens (including phenoxy) is 1. The molecule has 2 aliphatic rings. The number of pyridine rings is 1. The fraction of sp³-hybridized carbons (Fsp3) is 0.529. The zero-order chi connectivity index (χ0) is 14.8. The van der Waals surface area contributed by atoms with Crippen molar-refractivity contribution in [3.63, 3.8) is 0 Å². The lowest BCUT2D eigenvalue weighted by atomic mass is 9.98. The zero-order valence-electron chi connectivity index (χ0n) is 12.7. The highest BCUT2D eigenvalue weighted by molar-refractivity contribution is 5.84. The smallest absolute Gasteiger partial charge is 0.252 e. The van der Waals surface area contributed by atoms with Gasteiger partial charge in [0, 0.05) is 25.5 Å². The van der Waals surface area contributed by atoms with Crippen LogP contribution in [0.2, 0.25) is 0 Å². The first-order valence-electron chi connectivity index (χ1n) is 7.69. The van der Waals surface area contributed by atoms with Crippen LogP contribution in [-0.2, 0) is 9.53 Å². The maximum Gasteiger partial charge on any atom is 0.252 e. The predicted molar refractivity (Wildman–Crippen MR) is 81.5 cm³/mol. The van der Waals surface area contributed by atoms with E-state index in [9.17, 15) is 4.79 Å². The largest absolute Gasteiger partial charge is 0.365 e. The summed E-state index contributed by atoms with van der Waals surface area (Å²) in [6.07, 6.45) is 7.60. The molecule has 0 radical (unpaired) electrons. The molecule has 0 aliphatic carbocycles. The predicted octanol–water partition coefficient (Wildman–Crippen LogP) is 2.51. The maximum absolute atomic E-state index is 12.7. The molecule has 3 heterocycles. The molecule has 0 aromatic carbocycles. The Bertz CT molecular complexity index is 541. The fourth-order valence-electron chi connectivity index (χ4n) is 3.28. The highest BCUT2D eigenvalue weighted by Crippen LogP contribution is 2.29. The van der Waals surface area contributed by atoms with E-state index in [1.807, 2.05) is 24.0 Å². The molecule has 3 atom stereocenters. The Morgan fingerprint density at radius 2 is 2.10 bits per heavy atom. The first-order valence-corrected chi connectivity index (χ1v) is 7.69. The minimum Gasteiger partial charge on any atom is -0.365 e. The lowest BCUT2D eigenvalue weighted by Gasteiger charge is -2.30. The zero-order valence-corrected chi connectivity index (χ0v) is 12.7. The van der Waals surface area contributed by atoms with Gasteiger partial charge in [-0.1, -0.05) is 13.0 Å². The molecule has 1 aromatic rings. The first kappa shape index (κ1) is 14.3. The van der Waals surface area contributed by atoms with Crippen molar-refractivity contribution in [3.05, 3.63) is 36.2 Å². The number of hydrogen-bond donors (Lipinski definition) is 0. The Hall–Kier alpha value is -1.68. The van der Waals surface area contributed by atoms with Gasteiger partial charge >= 0.3 is 0 Å². The molecule has 0 spiro atoms. The van der Waals surface area contributed by atoms with Gasteiger partial charge in [0.1, 0.15) is 6.10 Å². The van der Waals surface area contributed by atoms with Gasteiger partial charge in [-0.25, -0.2) is 0 Å². The van der Waals surface area contributed by atoms with Crippen molar-refractivity contribution in [2.45, 2.75) is 38.9 Å². The van der Waals surface area contributed by atoms with Crippen molar-refractivity contribution in [1.29, 1.82) is 0 Å². The quantitative estimate of drug-likeness (QED) is 0.839. The van der Waals surface area contributed by atoms with Gasteiger partial charge in [0.05, 0.1) is 6.10 Å². The van der Waals surface area contributed by atoms with Crippen molar-refractivity contribution in [3.8, 4) is 0 Å². The second-order valence-electron chi connectivity index (χ2n) is 6.09. The van der Waals surface area contributed by atoms with Crippen LogP contribution in [-0.4, -0.2) is 41.1 Å². The van der Waals surface area contributed by atoms with Gasteiger partial charge in [0.15, 0.2) is 0 Å². The van der Waals surface area contributed by atoms with Crippen LogP contribution in [0.15, 0.2) is 30.6 Å². The summed E-state index contributed by atoms with van der Waals surface area (Å²) in [5.41, 5.74) is 2.35. The third kappa shape index (κ3) is 3.00. The number of carbonyl (C=O) groups excluding carboxylic acids is 1. The van der Waals surface area contributed by atoms with Crippen LogP contribution in [0.3, 0.4) is 0 Å². The first-order chi connectivity index (χ1) is 10.1. The standard InChI is InChI=1S/C17H22N2O2/c1-12-10-13(2)21-16(12)17(20)19-9-3-4-15(11-19)14-5-7-18-8-6-14/h4-8,12-13,16H,3,9-11H2,1-2H3. The molecular formula is C17H22N2O2. The van der Waals surface area contributed by atoms with Crippen LogP contribution in [0, 0.1) is 5.92 Å². The normalized spacial score (nSPS) is 29.3. The summed E-state index contributed by atoms with van der Waals surface area (Å²) < 4.78 is 5.81. The van der Waals surface area contributed by atoms with E-state index in [0.717, 1.165) is 24.9 Å². The third-order valence-electron chi connectivity index (χ3n) is 4.36. The molecule has 1 fully saturated rings. The highest BCUT2D eigenvalue weighted by Gasteiger charge is 2.37. The Morgan fingerprint density at radius 1 is 1.33 bits per heavy atom. The molecule has 1 saturated heterocycles. The van der Waals surface area contributed by atoms with Gasteiger partial charge in [0.2, 0.25) is 0 Å². The second kappa shape index (κ2) is 5.98. The van der Waals surface area contributed by atoms with Gasteiger partial charge in [-0.3, -0.25) is 9.78 Å². The molecule has 0 N–H and O–H groups in total. The summed E-state index contributed by atoms with van der Waals surface area (Å²) in [5.74, 6) is 0.453. The van der Waals surface area contributed by atoms with Gasteiger partial charge in [0.25, 0.3) is 5.91 Å². The molecule has 1 aromatic heterocycles. The van der Waals surface area contributed by atoms with E-state index in [1.165, 1.54) is 5.57 Å². The maximum atomic E-state index is 12.7. The van der Waals surface area contributed by atoms with Gasteiger partial charge in [-0.2, -0.15) is 0 Å². The second-order valence-corrected chi connectivity index (χ2v) is 6.09. The van der Waals surface area contributed by atoms with E-state index in [0.29, 0.717) is 12.5 Å². The molecule has 112 valence electrons. The van der Waals surface area contributed by atoms with E-state index >= 15 is 0 Å². The average Bonchev–Trinajstić information content (AvgIpc) is 2.86. The summed E-state index contributed by atoms with van der Waals surface area (Å²) >= 11 is 0. The van der Waals surface area contributed by atoms with Crippen LogP contribution in [0.1, 0.15) is 32.3 Å². The van der Waals surface area contributed by atoms with Crippen molar-refractivity contribution in [2.75, 3.05) is 13.1 Å². The summed E-state index contributed by atoms with van der Waals surface area (Å²) in [6, 6.07) is 3.99. The molecule has 4 nitrogen and oxygen atoms in total. The van der Waals surface area contributed by atoms with Crippen molar-refractivity contribution in [1.82, 2.24) is 9.88 Å². The number of amides is 1. The van der Waals surface area contributed by atoms with E-state index in [1.54, 1.807) is 12.4 Å². The molecule has 2 aliphatic heterocycles. The molecule has 21 heavy (non-hydrogen) atoms. The minimum atomic E-state index is -0.267. The summed E-state index contributed by atoms with van der Waals surface area (Å²) in [4.78, 5) is 18.7. The topological polar surface area (TPSA) is 42.4 Å². The SMILES string of the molecule is CC1CC(C)C(C(=O)N2CCC=C(c3ccncc3)C2)O1. The molecular weight excluding hydrogens is 264 g/mol. The van der Waals surface area contributed by atoms with Crippen LogP contribution < -0.4 is 0 Å². The van der Waals surface area contributed by atoms with Crippen LogP contribution in [0.4, 0.5) is 0 Å². The Labute approximate surface area is 125 Å². The third-order valence-corrected chi connectivity index (χ3v) is 4.36. The Balaban J connectivity index is 1.71. The van der Waals surface area contributed by atoms with Crippen LogP contribution >= 0.6 is 0 Å². The minimum absolute atomic E-state index is 0.145. The lowest BCUT2D eigenvalue weighted by molar-refractivity contribution is -0.143. The lowest BCUT2D eigenvalue weighted by Crippen LogP contribution is -2.43. The fourth-order valence-corrected chi connectivity index (χ4v) is 3.28. The number of rotatable bonds is 2. The molecule has 0 saturated carbocycles. The molecule has 3 rings (SSSR count). The Morgan fingerprint density at radius 3 is 2.76 bits per heavy atom. The van der Waals surface area contributed by atoms with Crippen molar-refractivity contribution >= 4 is 11.5 Å². The molecule has 3 unspecified atom stereocenters. The summed E-state index contributed by atoms with van der Waals surface area (Å²) in [5, 5.41) is 0. The molecule has 4 heteroatoms. The van der Waals surface area contributed by atoms with Gasteiger partial charge in [-0.05, 0) is 49.0 Å². The van der Waals surface area contributed by atoms with Gasteiger partial charge < -0.3 is 9.64 Å². The highest BCUT2D eigenvalue weighted by atomic mass is 16.5. The molecule has 0 bridgehead atoms. The number of hydrogen-bond acceptors (Lipinski definition) is 3. The van der Waals surface area contributed by atoms with E-state index in [-0.39, 0.29) is 18.1 Å². The van der Waals surface area contributed by atoms with Gasteiger partial charge in [-0.15, -0.1) is 0 Å².